The second kappa shape index (κ2) is 7.94. The Hall–Kier alpha value is -0.160. The first kappa shape index (κ1) is 10.8. The summed E-state index contributed by atoms with van der Waals surface area (Å²) in [5, 5.41) is 15.1. The Kier molecular flexibility index (Phi) is 7.83. The van der Waals surface area contributed by atoms with Crippen LogP contribution in [0, 0.1) is 0 Å². The van der Waals surface area contributed by atoms with Gasteiger partial charge in [0, 0.05) is 32.7 Å². The van der Waals surface area contributed by atoms with Crippen molar-refractivity contribution in [3.63, 3.8) is 0 Å². The smallest absolute Gasteiger partial charge is 0.0636 e. The Morgan fingerprint density at radius 1 is 1.27 bits per heavy atom. The molecule has 0 aromatic carbocycles. The molecule has 68 valence electrons. The molecule has 0 aromatic heterocycles. The molecular formula is C7H19N3O. The molecule has 0 rings (SSSR count). The van der Waals surface area contributed by atoms with E-state index in [9.17, 15) is 0 Å². The van der Waals surface area contributed by atoms with Crippen molar-refractivity contribution < 1.29 is 5.11 Å². The predicted octanol–water partition coefficient (Wildman–Crippen LogP) is -1.49. The van der Waals surface area contributed by atoms with Gasteiger partial charge in [0.1, 0.15) is 0 Å². The zero-order chi connectivity index (χ0) is 8.53. The van der Waals surface area contributed by atoms with Crippen LogP contribution in [0.3, 0.4) is 0 Å². The van der Waals surface area contributed by atoms with E-state index in [1.54, 1.807) is 6.92 Å². The van der Waals surface area contributed by atoms with E-state index in [-0.39, 0.29) is 6.10 Å². The van der Waals surface area contributed by atoms with Gasteiger partial charge in [0.15, 0.2) is 0 Å². The van der Waals surface area contributed by atoms with Crippen LogP contribution in [0.4, 0.5) is 0 Å². The van der Waals surface area contributed by atoms with E-state index in [4.69, 9.17) is 10.8 Å². The van der Waals surface area contributed by atoms with Crippen LogP contribution < -0.4 is 16.4 Å². The zero-order valence-electron chi connectivity index (χ0n) is 7.14. The molecule has 5 N–H and O–H groups in total. The number of rotatable bonds is 7. The van der Waals surface area contributed by atoms with Crippen molar-refractivity contribution in [2.24, 2.45) is 5.73 Å². The molecule has 0 aliphatic carbocycles. The Labute approximate surface area is 68.2 Å². The topological polar surface area (TPSA) is 70.3 Å². The summed E-state index contributed by atoms with van der Waals surface area (Å²) in [7, 11) is 0. The standard InChI is InChI=1S/C7H19N3O/c1-7(11)6-10-5-4-9-3-2-8/h7,9-11H,2-6,8H2,1H3. The van der Waals surface area contributed by atoms with Crippen molar-refractivity contribution in [2.75, 3.05) is 32.7 Å². The lowest BCUT2D eigenvalue weighted by molar-refractivity contribution is 0.191. The summed E-state index contributed by atoms with van der Waals surface area (Å²) in [5.74, 6) is 0. The van der Waals surface area contributed by atoms with Gasteiger partial charge >= 0.3 is 0 Å². The van der Waals surface area contributed by atoms with Crippen LogP contribution in [0.1, 0.15) is 6.92 Å². The number of nitrogens with one attached hydrogen (secondary N) is 2. The van der Waals surface area contributed by atoms with E-state index in [0.717, 1.165) is 19.6 Å². The number of aliphatic hydroxyl groups is 1. The maximum Gasteiger partial charge on any atom is 0.0636 e. The van der Waals surface area contributed by atoms with Crippen molar-refractivity contribution in [1.29, 1.82) is 0 Å². The van der Waals surface area contributed by atoms with Crippen molar-refractivity contribution >= 4 is 0 Å². The van der Waals surface area contributed by atoms with Gasteiger partial charge in [0.25, 0.3) is 0 Å². The van der Waals surface area contributed by atoms with Gasteiger partial charge in [-0.25, -0.2) is 0 Å². The molecule has 11 heavy (non-hydrogen) atoms. The molecule has 0 aliphatic heterocycles. The normalized spacial score (nSPS) is 13.4. The molecule has 0 bridgehead atoms. The fourth-order valence-electron chi connectivity index (χ4n) is 0.715. The van der Waals surface area contributed by atoms with E-state index in [0.29, 0.717) is 13.1 Å². The summed E-state index contributed by atoms with van der Waals surface area (Å²) in [6.45, 7) is 5.74. The number of aliphatic hydroxyl groups excluding tert-OH is 1. The first-order valence-electron chi connectivity index (χ1n) is 4.07. The first-order valence-corrected chi connectivity index (χ1v) is 4.07. The SMILES string of the molecule is CC(O)CNCCNCCN. The lowest BCUT2D eigenvalue weighted by atomic mass is 10.4. The predicted molar refractivity (Wildman–Crippen MR) is 46.5 cm³/mol. The molecule has 4 heteroatoms. The summed E-state index contributed by atoms with van der Waals surface area (Å²) < 4.78 is 0. The van der Waals surface area contributed by atoms with E-state index in [1.165, 1.54) is 0 Å². The highest BCUT2D eigenvalue weighted by atomic mass is 16.3. The molecule has 1 unspecified atom stereocenters. The van der Waals surface area contributed by atoms with Gasteiger partial charge in [-0.05, 0) is 6.92 Å². The fraction of sp³-hybridized carbons (Fsp3) is 1.00. The quantitative estimate of drug-likeness (QED) is 0.343. The minimum atomic E-state index is -0.260. The van der Waals surface area contributed by atoms with Gasteiger partial charge in [0.2, 0.25) is 0 Å². The van der Waals surface area contributed by atoms with Crippen LogP contribution in [0.25, 0.3) is 0 Å². The minimum Gasteiger partial charge on any atom is -0.392 e. The molecule has 0 aliphatic rings. The van der Waals surface area contributed by atoms with E-state index in [2.05, 4.69) is 10.6 Å². The maximum absolute atomic E-state index is 8.85. The summed E-state index contributed by atoms with van der Waals surface area (Å²) in [6, 6.07) is 0. The van der Waals surface area contributed by atoms with E-state index >= 15 is 0 Å². The largest absolute Gasteiger partial charge is 0.392 e. The van der Waals surface area contributed by atoms with Gasteiger partial charge < -0.3 is 21.5 Å². The van der Waals surface area contributed by atoms with Gasteiger partial charge in [-0.3, -0.25) is 0 Å². The molecule has 0 heterocycles. The highest BCUT2D eigenvalue weighted by molar-refractivity contribution is 4.55. The van der Waals surface area contributed by atoms with Crippen LogP contribution in [0.2, 0.25) is 0 Å². The van der Waals surface area contributed by atoms with Crippen LogP contribution in [0.5, 0.6) is 0 Å². The van der Waals surface area contributed by atoms with Gasteiger partial charge in [0.05, 0.1) is 6.10 Å². The molecule has 0 radical (unpaired) electrons. The average molecular weight is 161 g/mol. The third-order valence-electron chi connectivity index (χ3n) is 1.24. The van der Waals surface area contributed by atoms with Crippen molar-refractivity contribution in [3.8, 4) is 0 Å². The minimum absolute atomic E-state index is 0.260. The Balaban J connectivity index is 2.80. The Bertz CT molecular complexity index is 78.1. The first-order chi connectivity index (χ1) is 5.27. The molecule has 0 amide bonds. The summed E-state index contributed by atoms with van der Waals surface area (Å²) >= 11 is 0. The van der Waals surface area contributed by atoms with Gasteiger partial charge in [-0.15, -0.1) is 0 Å². The molecular weight excluding hydrogens is 142 g/mol. The van der Waals surface area contributed by atoms with Crippen molar-refractivity contribution in [2.45, 2.75) is 13.0 Å². The van der Waals surface area contributed by atoms with Crippen LogP contribution >= 0.6 is 0 Å². The van der Waals surface area contributed by atoms with E-state index in [1.807, 2.05) is 0 Å². The molecule has 0 spiro atoms. The van der Waals surface area contributed by atoms with Gasteiger partial charge in [-0.1, -0.05) is 0 Å². The van der Waals surface area contributed by atoms with E-state index < -0.39 is 0 Å². The molecule has 0 aromatic rings. The third-order valence-corrected chi connectivity index (χ3v) is 1.24. The summed E-state index contributed by atoms with van der Waals surface area (Å²) in [6.07, 6.45) is -0.260. The van der Waals surface area contributed by atoms with Crippen LogP contribution in [0.15, 0.2) is 0 Å². The molecule has 0 fully saturated rings. The molecule has 1 atom stereocenters. The second-order valence-electron chi connectivity index (χ2n) is 2.59. The van der Waals surface area contributed by atoms with Crippen molar-refractivity contribution in [1.82, 2.24) is 10.6 Å². The third kappa shape index (κ3) is 9.84. The van der Waals surface area contributed by atoms with Crippen molar-refractivity contribution in [3.05, 3.63) is 0 Å². The average Bonchev–Trinajstić information content (AvgIpc) is 1.96. The highest BCUT2D eigenvalue weighted by Gasteiger charge is 1.92. The highest BCUT2D eigenvalue weighted by Crippen LogP contribution is 1.72. The summed E-state index contributed by atoms with van der Waals surface area (Å²) in [4.78, 5) is 0. The second-order valence-corrected chi connectivity index (χ2v) is 2.59. The molecule has 0 saturated heterocycles. The maximum atomic E-state index is 8.85. The summed E-state index contributed by atoms with van der Waals surface area (Å²) in [5.41, 5.74) is 5.27. The number of nitrogens with two attached hydrogens (primary N) is 1. The van der Waals surface area contributed by atoms with Gasteiger partial charge in [-0.2, -0.15) is 0 Å². The molecule has 0 saturated carbocycles. The fourth-order valence-corrected chi connectivity index (χ4v) is 0.715. The van der Waals surface area contributed by atoms with Crippen LogP contribution in [-0.2, 0) is 0 Å². The zero-order valence-corrected chi connectivity index (χ0v) is 7.14. The number of hydrogen-bond donors (Lipinski definition) is 4. The Morgan fingerprint density at radius 2 is 1.91 bits per heavy atom. The lowest BCUT2D eigenvalue weighted by Gasteiger charge is -2.06. The monoisotopic (exact) mass is 161 g/mol. The number of hydrogen-bond acceptors (Lipinski definition) is 4. The lowest BCUT2D eigenvalue weighted by Crippen LogP contribution is -2.33. The van der Waals surface area contributed by atoms with Crippen LogP contribution in [-0.4, -0.2) is 43.9 Å². The molecule has 4 nitrogen and oxygen atoms in total. The Morgan fingerprint density at radius 3 is 2.45 bits per heavy atom.